The lowest BCUT2D eigenvalue weighted by molar-refractivity contribution is 0.247. The maximum absolute atomic E-state index is 3.48. The Morgan fingerprint density at radius 2 is 2.12 bits per heavy atom. The van der Waals surface area contributed by atoms with Gasteiger partial charge in [0, 0.05) is 37.8 Å². The standard InChI is InChI=1S/C14H18N2/c1-2-4-12(5-3-1)10-16-9-7-14-13(11-16)6-8-15-14/h1-5,7,13,15H,6,8-11H2. The maximum atomic E-state index is 3.48. The van der Waals surface area contributed by atoms with Gasteiger partial charge in [-0.25, -0.2) is 0 Å². The van der Waals surface area contributed by atoms with Crippen molar-refractivity contribution in [2.45, 2.75) is 13.0 Å². The van der Waals surface area contributed by atoms with E-state index in [0.717, 1.165) is 25.6 Å². The zero-order valence-electron chi connectivity index (χ0n) is 9.52. The van der Waals surface area contributed by atoms with Crippen LogP contribution < -0.4 is 5.32 Å². The summed E-state index contributed by atoms with van der Waals surface area (Å²) in [5.41, 5.74) is 2.91. The molecule has 1 unspecified atom stereocenters. The molecular formula is C14H18N2. The predicted molar refractivity (Wildman–Crippen MR) is 65.9 cm³/mol. The van der Waals surface area contributed by atoms with Gasteiger partial charge in [0.25, 0.3) is 0 Å². The van der Waals surface area contributed by atoms with Crippen molar-refractivity contribution in [3.63, 3.8) is 0 Å². The van der Waals surface area contributed by atoms with E-state index in [1.807, 2.05) is 0 Å². The summed E-state index contributed by atoms with van der Waals surface area (Å²) < 4.78 is 0. The van der Waals surface area contributed by atoms with Crippen LogP contribution in [0.2, 0.25) is 0 Å². The second kappa shape index (κ2) is 4.30. The lowest BCUT2D eigenvalue weighted by Gasteiger charge is -2.29. The van der Waals surface area contributed by atoms with Crippen LogP contribution in [-0.2, 0) is 6.54 Å². The van der Waals surface area contributed by atoms with Crippen molar-refractivity contribution in [3.05, 3.63) is 47.7 Å². The molecule has 0 radical (unpaired) electrons. The van der Waals surface area contributed by atoms with Crippen molar-refractivity contribution in [2.24, 2.45) is 5.92 Å². The number of hydrogen-bond acceptors (Lipinski definition) is 2. The average Bonchev–Trinajstić information content (AvgIpc) is 2.77. The number of hydrogen-bond donors (Lipinski definition) is 1. The van der Waals surface area contributed by atoms with Gasteiger partial charge in [-0.05, 0) is 12.0 Å². The van der Waals surface area contributed by atoms with E-state index in [1.165, 1.54) is 24.2 Å². The summed E-state index contributed by atoms with van der Waals surface area (Å²) in [4.78, 5) is 2.54. The maximum Gasteiger partial charge on any atom is 0.0237 e. The largest absolute Gasteiger partial charge is 0.388 e. The molecule has 3 rings (SSSR count). The normalized spacial score (nSPS) is 24.8. The predicted octanol–water partition coefficient (Wildman–Crippen LogP) is 2.00. The van der Waals surface area contributed by atoms with Crippen molar-refractivity contribution >= 4 is 0 Å². The quantitative estimate of drug-likeness (QED) is 0.810. The zero-order chi connectivity index (χ0) is 10.8. The Balaban J connectivity index is 1.66. The van der Waals surface area contributed by atoms with Gasteiger partial charge in [-0.3, -0.25) is 4.90 Å². The number of rotatable bonds is 2. The molecule has 1 aromatic rings. The molecule has 0 spiro atoms. The molecule has 1 atom stereocenters. The highest BCUT2D eigenvalue weighted by Gasteiger charge is 2.26. The molecular weight excluding hydrogens is 196 g/mol. The van der Waals surface area contributed by atoms with Gasteiger partial charge in [0.15, 0.2) is 0 Å². The highest BCUT2D eigenvalue weighted by molar-refractivity contribution is 5.17. The minimum absolute atomic E-state index is 0.762. The number of nitrogens with one attached hydrogen (secondary N) is 1. The fourth-order valence-corrected chi connectivity index (χ4v) is 2.70. The van der Waals surface area contributed by atoms with Gasteiger partial charge in [0.2, 0.25) is 0 Å². The third-order valence-corrected chi connectivity index (χ3v) is 3.56. The molecule has 0 aromatic heterocycles. The van der Waals surface area contributed by atoms with Gasteiger partial charge < -0.3 is 5.32 Å². The van der Waals surface area contributed by atoms with Crippen LogP contribution in [0.25, 0.3) is 0 Å². The molecule has 2 heterocycles. The fourth-order valence-electron chi connectivity index (χ4n) is 2.70. The molecule has 2 nitrogen and oxygen atoms in total. The van der Waals surface area contributed by atoms with E-state index in [2.05, 4.69) is 46.6 Å². The second-order valence-electron chi connectivity index (χ2n) is 4.75. The van der Waals surface area contributed by atoms with Crippen LogP contribution in [0.3, 0.4) is 0 Å². The van der Waals surface area contributed by atoms with Crippen molar-refractivity contribution in [2.75, 3.05) is 19.6 Å². The number of nitrogens with zero attached hydrogens (tertiary/aromatic N) is 1. The zero-order valence-corrected chi connectivity index (χ0v) is 9.52. The van der Waals surface area contributed by atoms with E-state index in [4.69, 9.17) is 0 Å². The van der Waals surface area contributed by atoms with E-state index in [-0.39, 0.29) is 0 Å². The summed E-state index contributed by atoms with van der Waals surface area (Å²) >= 11 is 0. The van der Waals surface area contributed by atoms with Crippen LogP contribution in [0.15, 0.2) is 42.1 Å². The molecule has 1 saturated heterocycles. The van der Waals surface area contributed by atoms with Crippen molar-refractivity contribution < 1.29 is 0 Å². The molecule has 1 fully saturated rings. The van der Waals surface area contributed by atoms with Crippen molar-refractivity contribution in [3.8, 4) is 0 Å². The summed E-state index contributed by atoms with van der Waals surface area (Å²) in [6.07, 6.45) is 3.67. The van der Waals surface area contributed by atoms with Gasteiger partial charge in [-0.1, -0.05) is 36.4 Å². The Labute approximate surface area is 97.0 Å². The molecule has 0 amide bonds. The van der Waals surface area contributed by atoms with E-state index >= 15 is 0 Å². The topological polar surface area (TPSA) is 15.3 Å². The molecule has 1 aromatic carbocycles. The van der Waals surface area contributed by atoms with Gasteiger partial charge in [-0.15, -0.1) is 0 Å². The Hall–Kier alpha value is -1.28. The molecule has 84 valence electrons. The Bertz CT molecular complexity index is 383. The Kier molecular flexibility index (Phi) is 2.66. The average molecular weight is 214 g/mol. The first-order valence-corrected chi connectivity index (χ1v) is 6.12. The van der Waals surface area contributed by atoms with E-state index in [0.29, 0.717) is 0 Å². The van der Waals surface area contributed by atoms with Gasteiger partial charge in [0.1, 0.15) is 0 Å². The van der Waals surface area contributed by atoms with E-state index in [9.17, 15) is 0 Å². The van der Waals surface area contributed by atoms with Gasteiger partial charge in [-0.2, -0.15) is 0 Å². The highest BCUT2D eigenvalue weighted by atomic mass is 15.1. The second-order valence-corrected chi connectivity index (χ2v) is 4.75. The summed E-state index contributed by atoms with van der Waals surface area (Å²) in [6.45, 7) is 4.55. The SMILES string of the molecule is C1=C2NCCC2CN(Cc2ccccc2)C1. The monoisotopic (exact) mass is 214 g/mol. The molecule has 1 N–H and O–H groups in total. The minimum Gasteiger partial charge on any atom is -0.388 e. The first kappa shape index (κ1) is 9.91. The van der Waals surface area contributed by atoms with E-state index in [1.54, 1.807) is 0 Å². The van der Waals surface area contributed by atoms with Gasteiger partial charge in [0.05, 0.1) is 0 Å². The van der Waals surface area contributed by atoms with Crippen LogP contribution in [-0.4, -0.2) is 24.5 Å². The molecule has 0 aliphatic carbocycles. The summed E-state index contributed by atoms with van der Waals surface area (Å²) in [5, 5.41) is 3.48. The van der Waals surface area contributed by atoms with Crippen LogP contribution in [0.1, 0.15) is 12.0 Å². The van der Waals surface area contributed by atoms with Crippen LogP contribution >= 0.6 is 0 Å². The highest BCUT2D eigenvalue weighted by Crippen LogP contribution is 2.24. The Morgan fingerprint density at radius 3 is 3.00 bits per heavy atom. The lowest BCUT2D eigenvalue weighted by Crippen LogP contribution is -2.34. The lowest BCUT2D eigenvalue weighted by atomic mass is 10.0. The first-order chi connectivity index (χ1) is 7.92. The van der Waals surface area contributed by atoms with Crippen LogP contribution in [0, 0.1) is 5.92 Å². The minimum atomic E-state index is 0.762. The third-order valence-electron chi connectivity index (χ3n) is 3.56. The van der Waals surface area contributed by atoms with E-state index < -0.39 is 0 Å². The summed E-state index contributed by atoms with van der Waals surface area (Å²) in [5.74, 6) is 0.762. The third kappa shape index (κ3) is 1.98. The fraction of sp³-hybridized carbons (Fsp3) is 0.429. The first-order valence-electron chi connectivity index (χ1n) is 6.12. The van der Waals surface area contributed by atoms with Crippen molar-refractivity contribution in [1.29, 1.82) is 0 Å². The number of benzene rings is 1. The molecule has 2 aliphatic rings. The smallest absolute Gasteiger partial charge is 0.0237 e. The molecule has 16 heavy (non-hydrogen) atoms. The summed E-state index contributed by atoms with van der Waals surface area (Å²) in [7, 11) is 0. The molecule has 2 aliphatic heterocycles. The molecule has 0 bridgehead atoms. The number of fused-ring (bicyclic) bond motifs is 1. The molecule has 0 saturated carbocycles. The summed E-state index contributed by atoms with van der Waals surface area (Å²) in [6, 6.07) is 10.8. The van der Waals surface area contributed by atoms with Crippen LogP contribution in [0.5, 0.6) is 0 Å². The van der Waals surface area contributed by atoms with Gasteiger partial charge >= 0.3 is 0 Å². The van der Waals surface area contributed by atoms with Crippen LogP contribution in [0.4, 0.5) is 0 Å². The molecule has 2 heteroatoms. The Morgan fingerprint density at radius 1 is 1.25 bits per heavy atom. The van der Waals surface area contributed by atoms with Crippen molar-refractivity contribution in [1.82, 2.24) is 10.2 Å².